The number of aromatic nitrogens is 1. The van der Waals surface area contributed by atoms with E-state index in [2.05, 4.69) is 4.98 Å². The molecule has 25 heavy (non-hydrogen) atoms. The standard InChI is InChI=1S/C19H23NO5/c1-19(2,3)25-18(23)12-7-11(10-5-6-10)15-13(16(12)21)8-20-9-14(15)17(22)24-4/h8-12H,5-7H2,1-4H3. The van der Waals surface area contributed by atoms with Crippen LogP contribution in [-0.4, -0.2) is 35.4 Å². The lowest BCUT2D eigenvalue weighted by atomic mass is 9.73. The smallest absolute Gasteiger partial charge is 0.339 e. The molecule has 1 aromatic rings. The van der Waals surface area contributed by atoms with Crippen molar-refractivity contribution >= 4 is 17.7 Å². The summed E-state index contributed by atoms with van der Waals surface area (Å²) in [6.45, 7) is 5.34. The quantitative estimate of drug-likeness (QED) is 0.619. The first-order chi connectivity index (χ1) is 11.7. The Labute approximate surface area is 146 Å². The second-order valence-corrected chi connectivity index (χ2v) is 7.77. The molecule has 1 saturated carbocycles. The van der Waals surface area contributed by atoms with E-state index < -0.39 is 23.5 Å². The highest BCUT2D eigenvalue weighted by molar-refractivity contribution is 6.11. The summed E-state index contributed by atoms with van der Waals surface area (Å²) in [4.78, 5) is 41.6. The highest BCUT2D eigenvalue weighted by Crippen LogP contribution is 2.50. The van der Waals surface area contributed by atoms with Crippen LogP contribution >= 0.6 is 0 Å². The molecule has 0 aromatic carbocycles. The minimum atomic E-state index is -0.841. The van der Waals surface area contributed by atoms with Crippen LogP contribution in [0.3, 0.4) is 0 Å². The molecule has 3 rings (SSSR count). The van der Waals surface area contributed by atoms with Gasteiger partial charge in [-0.15, -0.1) is 0 Å². The number of pyridine rings is 1. The number of ketones is 1. The van der Waals surface area contributed by atoms with Crippen LogP contribution in [0.2, 0.25) is 0 Å². The Hall–Kier alpha value is -2.24. The van der Waals surface area contributed by atoms with Gasteiger partial charge in [0.1, 0.15) is 11.5 Å². The molecular weight excluding hydrogens is 322 g/mol. The zero-order valence-electron chi connectivity index (χ0n) is 15.0. The average molecular weight is 345 g/mol. The average Bonchev–Trinajstić information content (AvgIpc) is 3.37. The molecule has 0 amide bonds. The molecule has 134 valence electrons. The van der Waals surface area contributed by atoms with E-state index in [-0.39, 0.29) is 11.7 Å². The first-order valence-electron chi connectivity index (χ1n) is 8.56. The SMILES string of the molecule is COC(=O)c1cncc2c1C(C1CC1)CC(C(=O)OC(C)(C)C)C2=O. The van der Waals surface area contributed by atoms with Gasteiger partial charge in [-0.1, -0.05) is 0 Å². The molecule has 0 N–H and O–H groups in total. The zero-order chi connectivity index (χ0) is 18.4. The summed E-state index contributed by atoms with van der Waals surface area (Å²) in [7, 11) is 1.31. The lowest BCUT2D eigenvalue weighted by Crippen LogP contribution is -2.38. The third kappa shape index (κ3) is 3.43. The van der Waals surface area contributed by atoms with Crippen molar-refractivity contribution < 1.29 is 23.9 Å². The molecule has 0 radical (unpaired) electrons. The third-order valence-electron chi connectivity index (χ3n) is 4.72. The van der Waals surface area contributed by atoms with Crippen LogP contribution in [0.4, 0.5) is 0 Å². The molecule has 6 nitrogen and oxygen atoms in total. The molecule has 0 bridgehead atoms. The second-order valence-electron chi connectivity index (χ2n) is 7.77. The Morgan fingerprint density at radius 3 is 2.44 bits per heavy atom. The van der Waals surface area contributed by atoms with Crippen LogP contribution in [0.15, 0.2) is 12.4 Å². The molecule has 1 heterocycles. The van der Waals surface area contributed by atoms with E-state index in [0.717, 1.165) is 12.8 Å². The van der Waals surface area contributed by atoms with Crippen LogP contribution in [0.5, 0.6) is 0 Å². The Morgan fingerprint density at radius 2 is 1.88 bits per heavy atom. The maximum atomic E-state index is 12.9. The van der Waals surface area contributed by atoms with E-state index >= 15 is 0 Å². The third-order valence-corrected chi connectivity index (χ3v) is 4.72. The van der Waals surface area contributed by atoms with Crippen LogP contribution in [-0.2, 0) is 14.3 Å². The van der Waals surface area contributed by atoms with Gasteiger partial charge >= 0.3 is 11.9 Å². The van der Waals surface area contributed by atoms with Gasteiger partial charge in [0.05, 0.1) is 12.7 Å². The number of hydrogen-bond donors (Lipinski definition) is 0. The Bertz CT molecular complexity index is 730. The summed E-state index contributed by atoms with van der Waals surface area (Å²) in [6.07, 6.45) is 5.33. The number of rotatable bonds is 3. The van der Waals surface area contributed by atoms with Crippen LogP contribution in [0.1, 0.15) is 72.2 Å². The maximum absolute atomic E-state index is 12.9. The molecule has 1 fully saturated rings. The number of methoxy groups -OCH3 is 1. The summed E-state index contributed by atoms with van der Waals surface area (Å²) in [6, 6.07) is 0. The molecular formula is C19H23NO5. The van der Waals surface area contributed by atoms with Gasteiger partial charge < -0.3 is 9.47 Å². The highest BCUT2D eigenvalue weighted by Gasteiger charge is 2.46. The number of esters is 2. The van der Waals surface area contributed by atoms with Gasteiger partial charge in [-0.05, 0) is 57.4 Å². The van der Waals surface area contributed by atoms with E-state index in [1.807, 2.05) is 0 Å². The van der Waals surface area contributed by atoms with Crippen molar-refractivity contribution in [2.24, 2.45) is 11.8 Å². The van der Waals surface area contributed by atoms with Crippen molar-refractivity contribution in [2.75, 3.05) is 7.11 Å². The zero-order valence-corrected chi connectivity index (χ0v) is 15.0. The van der Waals surface area contributed by atoms with Gasteiger partial charge in [0, 0.05) is 18.0 Å². The van der Waals surface area contributed by atoms with E-state index in [1.165, 1.54) is 19.5 Å². The Morgan fingerprint density at radius 1 is 1.20 bits per heavy atom. The summed E-state index contributed by atoms with van der Waals surface area (Å²) >= 11 is 0. The molecule has 2 aliphatic rings. The molecule has 0 spiro atoms. The molecule has 6 heteroatoms. The van der Waals surface area contributed by atoms with E-state index in [1.54, 1.807) is 20.8 Å². The summed E-state index contributed by atoms with van der Waals surface area (Å²) in [5, 5.41) is 0. The number of fused-ring (bicyclic) bond motifs is 1. The van der Waals surface area contributed by atoms with Crippen LogP contribution < -0.4 is 0 Å². The summed E-state index contributed by atoms with van der Waals surface area (Å²) in [5.41, 5.74) is 0.711. The number of hydrogen-bond acceptors (Lipinski definition) is 6. The topological polar surface area (TPSA) is 82.6 Å². The number of nitrogens with zero attached hydrogens (tertiary/aromatic N) is 1. The van der Waals surface area contributed by atoms with Crippen molar-refractivity contribution in [3.8, 4) is 0 Å². The van der Waals surface area contributed by atoms with E-state index in [9.17, 15) is 14.4 Å². The molecule has 2 atom stereocenters. The number of carbonyl (C=O) groups is 3. The van der Waals surface area contributed by atoms with Crippen molar-refractivity contribution in [1.82, 2.24) is 4.98 Å². The van der Waals surface area contributed by atoms with Crippen LogP contribution in [0, 0.1) is 11.8 Å². The molecule has 2 unspecified atom stereocenters. The lowest BCUT2D eigenvalue weighted by molar-refractivity contribution is -0.158. The first kappa shape index (κ1) is 17.6. The lowest BCUT2D eigenvalue weighted by Gasteiger charge is -2.32. The van der Waals surface area contributed by atoms with E-state index in [0.29, 0.717) is 29.0 Å². The van der Waals surface area contributed by atoms with Crippen molar-refractivity contribution in [3.63, 3.8) is 0 Å². The molecule has 1 aromatic heterocycles. The normalized spacial score (nSPS) is 23.0. The monoisotopic (exact) mass is 345 g/mol. The van der Waals surface area contributed by atoms with Gasteiger partial charge in [0.25, 0.3) is 0 Å². The molecule has 2 aliphatic carbocycles. The fraction of sp³-hybridized carbons (Fsp3) is 0.579. The maximum Gasteiger partial charge on any atom is 0.339 e. The number of Topliss-reactive ketones (excluding diaryl/α,β-unsaturated/α-hetero) is 1. The van der Waals surface area contributed by atoms with Crippen molar-refractivity contribution in [3.05, 3.63) is 29.1 Å². The van der Waals surface area contributed by atoms with E-state index in [4.69, 9.17) is 9.47 Å². The number of ether oxygens (including phenoxy) is 2. The fourth-order valence-electron chi connectivity index (χ4n) is 3.51. The van der Waals surface area contributed by atoms with Crippen molar-refractivity contribution in [1.29, 1.82) is 0 Å². The second kappa shape index (κ2) is 6.24. The largest absolute Gasteiger partial charge is 0.465 e. The number of carbonyl (C=O) groups excluding carboxylic acids is 3. The minimum absolute atomic E-state index is 0.0256. The van der Waals surface area contributed by atoms with Gasteiger partial charge in [-0.3, -0.25) is 14.6 Å². The predicted molar refractivity (Wildman–Crippen MR) is 89.3 cm³/mol. The predicted octanol–water partition coefficient (Wildman–Crippen LogP) is 2.91. The Kier molecular flexibility index (Phi) is 4.39. The van der Waals surface area contributed by atoms with Gasteiger partial charge in [0.15, 0.2) is 5.78 Å². The van der Waals surface area contributed by atoms with Crippen molar-refractivity contribution in [2.45, 2.75) is 51.6 Å². The van der Waals surface area contributed by atoms with Gasteiger partial charge in [0.2, 0.25) is 0 Å². The van der Waals surface area contributed by atoms with Gasteiger partial charge in [-0.25, -0.2) is 4.79 Å². The fourth-order valence-corrected chi connectivity index (χ4v) is 3.51. The van der Waals surface area contributed by atoms with Crippen LogP contribution in [0.25, 0.3) is 0 Å². The molecule has 0 saturated heterocycles. The summed E-state index contributed by atoms with van der Waals surface area (Å²) < 4.78 is 10.3. The summed E-state index contributed by atoms with van der Waals surface area (Å²) in [5.74, 6) is -1.81. The first-order valence-corrected chi connectivity index (χ1v) is 8.56. The minimum Gasteiger partial charge on any atom is -0.465 e. The van der Waals surface area contributed by atoms with Gasteiger partial charge in [-0.2, -0.15) is 0 Å². The highest BCUT2D eigenvalue weighted by atomic mass is 16.6. The Balaban J connectivity index is 2.02. The molecule has 0 aliphatic heterocycles.